The molecular formula is C16H24N2O3. The van der Waals surface area contributed by atoms with Crippen LogP contribution in [0.15, 0.2) is 24.3 Å². The van der Waals surface area contributed by atoms with Gasteiger partial charge in [-0.25, -0.2) is 0 Å². The van der Waals surface area contributed by atoms with Crippen LogP contribution in [0.3, 0.4) is 0 Å². The fourth-order valence-corrected chi connectivity index (χ4v) is 1.98. The molecule has 5 heteroatoms. The largest absolute Gasteiger partial charge is 0.465 e. The van der Waals surface area contributed by atoms with Crippen LogP contribution < -0.4 is 11.1 Å². The van der Waals surface area contributed by atoms with Crippen molar-refractivity contribution in [1.82, 2.24) is 0 Å². The molecule has 1 rings (SSSR count). The van der Waals surface area contributed by atoms with Crippen molar-refractivity contribution in [2.75, 3.05) is 11.9 Å². The number of carbonyl (C=O) groups excluding carboxylic acids is 2. The average molecular weight is 292 g/mol. The summed E-state index contributed by atoms with van der Waals surface area (Å²) in [7, 11) is 0. The second kappa shape index (κ2) is 8.42. The Labute approximate surface area is 125 Å². The third-order valence-electron chi connectivity index (χ3n) is 3.05. The van der Waals surface area contributed by atoms with Crippen molar-refractivity contribution in [2.45, 2.75) is 33.7 Å². The predicted octanol–water partition coefficient (Wildman–Crippen LogP) is 2.31. The molecule has 3 N–H and O–H groups in total. The zero-order valence-electron chi connectivity index (χ0n) is 12.9. The van der Waals surface area contributed by atoms with Crippen LogP contribution in [0.1, 0.15) is 32.8 Å². The zero-order chi connectivity index (χ0) is 15.8. The van der Waals surface area contributed by atoms with Gasteiger partial charge in [0.15, 0.2) is 0 Å². The van der Waals surface area contributed by atoms with Gasteiger partial charge >= 0.3 is 5.97 Å². The maximum atomic E-state index is 12.3. The number of nitrogens with one attached hydrogen (secondary N) is 1. The highest BCUT2D eigenvalue weighted by Crippen LogP contribution is 2.17. The Morgan fingerprint density at radius 1 is 1.24 bits per heavy atom. The quantitative estimate of drug-likeness (QED) is 0.597. The number of benzene rings is 1. The molecule has 1 atom stereocenters. The maximum absolute atomic E-state index is 12.3. The van der Waals surface area contributed by atoms with Gasteiger partial charge < -0.3 is 15.8 Å². The summed E-state index contributed by atoms with van der Waals surface area (Å²) in [5.41, 5.74) is 7.16. The number of carbonyl (C=O) groups is 2. The van der Waals surface area contributed by atoms with Gasteiger partial charge in [0.05, 0.1) is 6.61 Å². The Hall–Kier alpha value is -1.88. The van der Waals surface area contributed by atoms with Gasteiger partial charge in [-0.2, -0.15) is 0 Å². The summed E-state index contributed by atoms with van der Waals surface area (Å²) in [4.78, 5) is 24.2. The lowest BCUT2D eigenvalue weighted by Crippen LogP contribution is -2.32. The van der Waals surface area contributed by atoms with Gasteiger partial charge in [-0.05, 0) is 37.0 Å². The minimum absolute atomic E-state index is 0.227. The van der Waals surface area contributed by atoms with Crippen LogP contribution in [0.5, 0.6) is 0 Å². The van der Waals surface area contributed by atoms with Crippen LogP contribution in [-0.2, 0) is 20.9 Å². The van der Waals surface area contributed by atoms with E-state index in [9.17, 15) is 9.59 Å². The fourth-order valence-electron chi connectivity index (χ4n) is 1.98. The van der Waals surface area contributed by atoms with Crippen LogP contribution in [0.2, 0.25) is 0 Å². The van der Waals surface area contributed by atoms with Crippen molar-refractivity contribution >= 4 is 17.6 Å². The normalized spacial score (nSPS) is 12.0. The van der Waals surface area contributed by atoms with Crippen molar-refractivity contribution in [3.05, 3.63) is 29.8 Å². The molecule has 0 aromatic heterocycles. The number of hydrogen-bond acceptors (Lipinski definition) is 4. The number of ether oxygens (including phenoxy) is 1. The highest BCUT2D eigenvalue weighted by Gasteiger charge is 2.28. The van der Waals surface area contributed by atoms with E-state index in [1.807, 2.05) is 26.0 Å². The molecule has 0 heterocycles. The molecule has 0 saturated carbocycles. The van der Waals surface area contributed by atoms with Crippen molar-refractivity contribution in [1.29, 1.82) is 0 Å². The highest BCUT2D eigenvalue weighted by molar-refractivity contribution is 6.04. The minimum atomic E-state index is -0.779. The monoisotopic (exact) mass is 292 g/mol. The summed E-state index contributed by atoms with van der Waals surface area (Å²) >= 11 is 0. The molecule has 1 amide bonds. The molecule has 0 aliphatic rings. The molecular weight excluding hydrogens is 268 g/mol. The first-order valence-corrected chi connectivity index (χ1v) is 7.24. The second-order valence-electron chi connectivity index (χ2n) is 5.32. The predicted molar refractivity (Wildman–Crippen MR) is 82.5 cm³/mol. The van der Waals surface area contributed by atoms with E-state index in [0.29, 0.717) is 18.7 Å². The molecule has 0 saturated heterocycles. The van der Waals surface area contributed by atoms with Crippen LogP contribution in [0, 0.1) is 11.8 Å². The van der Waals surface area contributed by atoms with E-state index in [2.05, 4.69) is 5.32 Å². The van der Waals surface area contributed by atoms with Gasteiger partial charge in [0.25, 0.3) is 0 Å². The molecule has 1 aromatic rings. The Kier molecular flexibility index (Phi) is 6.88. The summed E-state index contributed by atoms with van der Waals surface area (Å²) in [5.74, 6) is -1.35. The maximum Gasteiger partial charge on any atom is 0.318 e. The van der Waals surface area contributed by atoms with E-state index in [1.54, 1.807) is 19.1 Å². The lowest BCUT2D eigenvalue weighted by molar-refractivity contribution is -0.151. The molecule has 0 radical (unpaired) electrons. The zero-order valence-corrected chi connectivity index (χ0v) is 12.9. The molecule has 0 bridgehead atoms. The molecule has 1 unspecified atom stereocenters. The number of hydrogen-bond donors (Lipinski definition) is 2. The van der Waals surface area contributed by atoms with E-state index >= 15 is 0 Å². The summed E-state index contributed by atoms with van der Waals surface area (Å²) in [6.07, 6.45) is 0.464. The van der Waals surface area contributed by atoms with Crippen LogP contribution in [-0.4, -0.2) is 18.5 Å². The summed E-state index contributed by atoms with van der Waals surface area (Å²) in [6.45, 7) is 6.39. The van der Waals surface area contributed by atoms with E-state index < -0.39 is 11.9 Å². The smallest absolute Gasteiger partial charge is 0.318 e. The number of esters is 1. The fraction of sp³-hybridized carbons (Fsp3) is 0.500. The van der Waals surface area contributed by atoms with Crippen molar-refractivity contribution in [3.8, 4) is 0 Å². The standard InChI is InChI=1S/C16H24N2O3/c1-4-21-16(20)14(9-11(2)3)15(19)18-13-7-5-12(10-17)6-8-13/h5-8,11,14H,4,9-10,17H2,1-3H3,(H,18,19). The highest BCUT2D eigenvalue weighted by atomic mass is 16.5. The van der Waals surface area contributed by atoms with Crippen molar-refractivity contribution < 1.29 is 14.3 Å². The SMILES string of the molecule is CCOC(=O)C(CC(C)C)C(=O)Nc1ccc(CN)cc1. The Morgan fingerprint density at radius 2 is 1.86 bits per heavy atom. The Bertz CT molecular complexity index is 469. The minimum Gasteiger partial charge on any atom is -0.465 e. The topological polar surface area (TPSA) is 81.4 Å². The number of anilines is 1. The molecule has 1 aromatic carbocycles. The van der Waals surface area contributed by atoms with Crippen LogP contribution in [0.4, 0.5) is 5.69 Å². The first-order chi connectivity index (χ1) is 9.97. The molecule has 0 spiro atoms. The van der Waals surface area contributed by atoms with E-state index in [-0.39, 0.29) is 18.4 Å². The van der Waals surface area contributed by atoms with Gasteiger partial charge in [0.2, 0.25) is 5.91 Å². The molecule has 0 aliphatic heterocycles. The lowest BCUT2D eigenvalue weighted by atomic mass is 9.96. The van der Waals surface area contributed by atoms with Crippen molar-refractivity contribution in [3.63, 3.8) is 0 Å². The Morgan fingerprint density at radius 3 is 2.33 bits per heavy atom. The van der Waals surface area contributed by atoms with Gasteiger partial charge in [-0.15, -0.1) is 0 Å². The average Bonchev–Trinajstić information content (AvgIpc) is 2.45. The lowest BCUT2D eigenvalue weighted by Gasteiger charge is -2.17. The summed E-state index contributed by atoms with van der Waals surface area (Å²) in [6, 6.07) is 7.24. The number of nitrogens with two attached hydrogens (primary N) is 1. The van der Waals surface area contributed by atoms with E-state index in [4.69, 9.17) is 10.5 Å². The third kappa shape index (κ3) is 5.55. The van der Waals surface area contributed by atoms with E-state index in [0.717, 1.165) is 5.56 Å². The number of rotatable bonds is 7. The molecule has 116 valence electrons. The van der Waals surface area contributed by atoms with Crippen LogP contribution in [0.25, 0.3) is 0 Å². The van der Waals surface area contributed by atoms with Gasteiger partial charge in [-0.1, -0.05) is 26.0 Å². The van der Waals surface area contributed by atoms with E-state index in [1.165, 1.54) is 0 Å². The first kappa shape index (κ1) is 17.2. The van der Waals surface area contributed by atoms with Crippen LogP contribution >= 0.6 is 0 Å². The molecule has 5 nitrogen and oxygen atoms in total. The second-order valence-corrected chi connectivity index (χ2v) is 5.32. The molecule has 21 heavy (non-hydrogen) atoms. The van der Waals surface area contributed by atoms with Crippen molar-refractivity contribution in [2.24, 2.45) is 17.6 Å². The van der Waals surface area contributed by atoms with Gasteiger partial charge in [-0.3, -0.25) is 9.59 Å². The summed E-state index contributed by atoms with van der Waals surface area (Å²) < 4.78 is 4.98. The number of amides is 1. The third-order valence-corrected chi connectivity index (χ3v) is 3.05. The first-order valence-electron chi connectivity index (χ1n) is 7.24. The molecule has 0 aliphatic carbocycles. The van der Waals surface area contributed by atoms with Gasteiger partial charge in [0.1, 0.15) is 5.92 Å². The summed E-state index contributed by atoms with van der Waals surface area (Å²) in [5, 5.41) is 2.76. The van der Waals surface area contributed by atoms with Gasteiger partial charge in [0, 0.05) is 12.2 Å². The molecule has 0 fully saturated rings. The Balaban J connectivity index is 2.76.